The fourth-order valence-electron chi connectivity index (χ4n) is 1.96. The van der Waals surface area contributed by atoms with Gasteiger partial charge in [-0.25, -0.2) is 0 Å². The normalized spacial score (nSPS) is 14.2. The van der Waals surface area contributed by atoms with Gasteiger partial charge in [-0.3, -0.25) is 4.90 Å². The van der Waals surface area contributed by atoms with Crippen LogP contribution < -0.4 is 5.73 Å². The van der Waals surface area contributed by atoms with Gasteiger partial charge in [-0.15, -0.1) is 13.2 Å². The van der Waals surface area contributed by atoms with Gasteiger partial charge in [-0.2, -0.15) is 0 Å². The van der Waals surface area contributed by atoms with Crippen LogP contribution in [0.25, 0.3) is 0 Å². The summed E-state index contributed by atoms with van der Waals surface area (Å²) in [5, 5.41) is 0.726. The Kier molecular flexibility index (Phi) is 5.60. The summed E-state index contributed by atoms with van der Waals surface area (Å²) < 4.78 is 0. The number of hydrogen-bond acceptors (Lipinski definition) is 2. The van der Waals surface area contributed by atoms with Crippen LogP contribution in [0.1, 0.15) is 12.5 Å². The van der Waals surface area contributed by atoms with Crippen LogP contribution in [-0.4, -0.2) is 24.5 Å². The first-order valence-corrected chi connectivity index (χ1v) is 6.36. The third kappa shape index (κ3) is 4.30. The molecule has 18 heavy (non-hydrogen) atoms. The topological polar surface area (TPSA) is 29.3 Å². The van der Waals surface area contributed by atoms with Crippen molar-refractivity contribution in [3.05, 3.63) is 60.2 Å². The predicted molar refractivity (Wildman–Crippen MR) is 79.8 cm³/mol. The Labute approximate surface area is 115 Å². The second kappa shape index (κ2) is 6.74. The lowest BCUT2D eigenvalue weighted by Crippen LogP contribution is -2.45. The molecule has 1 aromatic rings. The van der Waals surface area contributed by atoms with Gasteiger partial charge < -0.3 is 5.73 Å². The molecule has 98 valence electrons. The van der Waals surface area contributed by atoms with Gasteiger partial charge in [0.25, 0.3) is 0 Å². The molecule has 1 unspecified atom stereocenters. The zero-order valence-corrected chi connectivity index (χ0v) is 11.7. The van der Waals surface area contributed by atoms with E-state index in [2.05, 4.69) is 18.1 Å². The van der Waals surface area contributed by atoms with Crippen LogP contribution in [0.2, 0.25) is 5.02 Å². The van der Waals surface area contributed by atoms with Crippen molar-refractivity contribution < 1.29 is 0 Å². The van der Waals surface area contributed by atoms with E-state index in [1.165, 1.54) is 0 Å². The Balaban J connectivity index is 2.80. The van der Waals surface area contributed by atoms with Gasteiger partial charge in [0.15, 0.2) is 0 Å². The molecule has 0 radical (unpaired) electrons. The molecule has 2 nitrogen and oxygen atoms in total. The third-order valence-electron chi connectivity index (χ3n) is 2.83. The van der Waals surface area contributed by atoms with E-state index in [-0.39, 0.29) is 0 Å². The zero-order valence-electron chi connectivity index (χ0n) is 10.9. The first-order chi connectivity index (χ1) is 8.49. The molecule has 0 aromatic heterocycles. The lowest BCUT2D eigenvalue weighted by atomic mass is 9.92. The summed E-state index contributed by atoms with van der Waals surface area (Å²) in [5.74, 6) is 0. The largest absolute Gasteiger partial charge is 0.321 e. The van der Waals surface area contributed by atoms with E-state index in [0.29, 0.717) is 0 Å². The minimum Gasteiger partial charge on any atom is -0.321 e. The molecule has 0 aliphatic carbocycles. The van der Waals surface area contributed by atoms with Crippen LogP contribution in [0.3, 0.4) is 0 Å². The smallest absolute Gasteiger partial charge is 0.0510 e. The molecule has 1 atom stereocenters. The van der Waals surface area contributed by atoms with Crippen molar-refractivity contribution in [1.29, 1.82) is 0 Å². The molecular weight excluding hydrogens is 244 g/mol. The van der Waals surface area contributed by atoms with Gasteiger partial charge in [-0.05, 0) is 24.6 Å². The van der Waals surface area contributed by atoms with Gasteiger partial charge in [0.1, 0.15) is 0 Å². The zero-order chi connectivity index (χ0) is 13.6. The highest BCUT2D eigenvalue weighted by molar-refractivity contribution is 6.30. The number of hydrogen-bond donors (Lipinski definition) is 1. The van der Waals surface area contributed by atoms with Crippen LogP contribution in [0, 0.1) is 0 Å². The highest BCUT2D eigenvalue weighted by Crippen LogP contribution is 2.21. The summed E-state index contributed by atoms with van der Waals surface area (Å²) in [5.41, 5.74) is 7.05. The molecule has 3 heteroatoms. The van der Waals surface area contributed by atoms with Gasteiger partial charge in [0.2, 0.25) is 0 Å². The monoisotopic (exact) mass is 264 g/mol. The fraction of sp³-hybridized carbons (Fsp3) is 0.333. The van der Waals surface area contributed by atoms with Crippen molar-refractivity contribution in [2.75, 3.05) is 19.6 Å². The summed E-state index contributed by atoms with van der Waals surface area (Å²) in [6, 6.07) is 7.69. The maximum absolute atomic E-state index is 6.40. The minimum absolute atomic E-state index is 0.420. The molecule has 0 heterocycles. The highest BCUT2D eigenvalue weighted by Gasteiger charge is 2.23. The summed E-state index contributed by atoms with van der Waals surface area (Å²) >= 11 is 5.89. The van der Waals surface area contributed by atoms with E-state index in [4.69, 9.17) is 17.3 Å². The molecule has 0 aliphatic rings. The fourth-order valence-corrected chi connectivity index (χ4v) is 2.08. The van der Waals surface area contributed by atoms with Crippen LogP contribution in [0.4, 0.5) is 0 Å². The van der Waals surface area contributed by atoms with Crippen LogP contribution >= 0.6 is 11.6 Å². The van der Waals surface area contributed by atoms with Gasteiger partial charge in [0, 0.05) is 24.7 Å². The van der Waals surface area contributed by atoms with Crippen molar-refractivity contribution in [1.82, 2.24) is 4.90 Å². The number of benzene rings is 1. The maximum atomic E-state index is 6.40. The van der Waals surface area contributed by atoms with E-state index in [9.17, 15) is 0 Å². The first-order valence-electron chi connectivity index (χ1n) is 5.98. The summed E-state index contributed by atoms with van der Waals surface area (Å²) in [6.45, 7) is 11.9. The molecule has 0 saturated carbocycles. The SMILES string of the molecule is C=CCN(CC=C)CC(C)(N)c1ccc(Cl)cc1. The molecule has 0 bridgehead atoms. The lowest BCUT2D eigenvalue weighted by molar-refractivity contribution is 0.258. The average molecular weight is 265 g/mol. The first kappa shape index (κ1) is 15.0. The second-order valence-corrected chi connectivity index (χ2v) is 5.13. The number of halogens is 1. The Morgan fingerprint density at radius 2 is 1.72 bits per heavy atom. The molecule has 0 amide bonds. The molecule has 0 fully saturated rings. The Hall–Kier alpha value is -1.09. The number of rotatable bonds is 7. The van der Waals surface area contributed by atoms with E-state index >= 15 is 0 Å². The van der Waals surface area contributed by atoms with E-state index in [1.54, 1.807) is 0 Å². The molecule has 1 rings (SSSR count). The Morgan fingerprint density at radius 3 is 2.17 bits per heavy atom. The molecular formula is C15H21ClN2. The molecule has 0 spiro atoms. The van der Waals surface area contributed by atoms with Gasteiger partial charge in [-0.1, -0.05) is 35.9 Å². The molecule has 2 N–H and O–H groups in total. The van der Waals surface area contributed by atoms with Crippen molar-refractivity contribution in [2.45, 2.75) is 12.5 Å². The van der Waals surface area contributed by atoms with Crippen molar-refractivity contribution in [2.24, 2.45) is 5.73 Å². The summed E-state index contributed by atoms with van der Waals surface area (Å²) in [4.78, 5) is 2.20. The summed E-state index contributed by atoms with van der Waals surface area (Å²) in [6.07, 6.45) is 3.75. The van der Waals surface area contributed by atoms with Crippen molar-refractivity contribution in [3.8, 4) is 0 Å². The number of nitrogens with zero attached hydrogens (tertiary/aromatic N) is 1. The molecule has 1 aromatic carbocycles. The molecule has 0 aliphatic heterocycles. The van der Waals surface area contributed by atoms with Gasteiger partial charge >= 0.3 is 0 Å². The predicted octanol–water partition coefficient (Wildman–Crippen LogP) is 3.19. The molecule has 0 saturated heterocycles. The quantitative estimate of drug-likeness (QED) is 0.767. The third-order valence-corrected chi connectivity index (χ3v) is 3.08. The summed E-state index contributed by atoms with van der Waals surface area (Å²) in [7, 11) is 0. The number of nitrogens with two attached hydrogens (primary N) is 1. The van der Waals surface area contributed by atoms with E-state index < -0.39 is 5.54 Å². The van der Waals surface area contributed by atoms with E-state index in [0.717, 1.165) is 30.2 Å². The average Bonchev–Trinajstić information content (AvgIpc) is 2.29. The standard InChI is InChI=1S/C15H21ClN2/c1-4-10-18(11-5-2)12-15(3,17)13-6-8-14(16)9-7-13/h4-9H,1-2,10-12,17H2,3H3. The van der Waals surface area contributed by atoms with Crippen LogP contribution in [0.15, 0.2) is 49.6 Å². The van der Waals surface area contributed by atoms with E-state index in [1.807, 2.05) is 43.3 Å². The van der Waals surface area contributed by atoms with Crippen LogP contribution in [0.5, 0.6) is 0 Å². The van der Waals surface area contributed by atoms with Crippen molar-refractivity contribution >= 4 is 11.6 Å². The van der Waals surface area contributed by atoms with Gasteiger partial charge in [0.05, 0.1) is 5.54 Å². The van der Waals surface area contributed by atoms with Crippen LogP contribution in [-0.2, 0) is 5.54 Å². The lowest BCUT2D eigenvalue weighted by Gasteiger charge is -2.32. The highest BCUT2D eigenvalue weighted by atomic mass is 35.5. The van der Waals surface area contributed by atoms with Crippen molar-refractivity contribution in [3.63, 3.8) is 0 Å². The Bertz CT molecular complexity index is 385. The minimum atomic E-state index is -0.420. The second-order valence-electron chi connectivity index (χ2n) is 4.70. The Morgan fingerprint density at radius 1 is 1.22 bits per heavy atom. The maximum Gasteiger partial charge on any atom is 0.0510 e.